The van der Waals surface area contributed by atoms with Crippen LogP contribution in [0.4, 0.5) is 4.39 Å². The zero-order valence-corrected chi connectivity index (χ0v) is 5.84. The van der Waals surface area contributed by atoms with Gasteiger partial charge >= 0.3 is 0 Å². The average Bonchev–Trinajstić information content (AvgIpc) is 1.83. The molecule has 0 aromatic heterocycles. The molecule has 0 atom stereocenters. The van der Waals surface area contributed by atoms with Crippen molar-refractivity contribution in [3.8, 4) is 0 Å². The van der Waals surface area contributed by atoms with Crippen molar-refractivity contribution >= 4 is 23.2 Å². The summed E-state index contributed by atoms with van der Waals surface area (Å²) in [5, 5.41) is 0.518. The summed E-state index contributed by atoms with van der Waals surface area (Å²) < 4.78 is 11.4. The van der Waals surface area contributed by atoms with E-state index in [-0.39, 0.29) is 6.67 Å². The molecule has 0 aliphatic rings. The number of alkyl halides is 1. The predicted molar refractivity (Wildman–Crippen MR) is 35.0 cm³/mol. The fourth-order valence-electron chi connectivity index (χ4n) is 0.290. The number of allylic oxidation sites excluding steroid dienone is 1. The maximum absolute atomic E-state index is 11.4. The largest absolute Gasteiger partial charge is 0.251 e. The first-order valence-electron chi connectivity index (χ1n) is 2.32. The Bertz CT molecular complexity index is 80.5. The molecule has 0 aliphatic heterocycles. The van der Waals surface area contributed by atoms with Gasteiger partial charge < -0.3 is 0 Å². The van der Waals surface area contributed by atoms with Gasteiger partial charge in [0.05, 0.1) is 6.67 Å². The monoisotopic (exact) mass is 156 g/mol. The summed E-state index contributed by atoms with van der Waals surface area (Å²) in [7, 11) is 0. The SMILES string of the molecule is FCCCC(Cl)=CCl. The van der Waals surface area contributed by atoms with Gasteiger partial charge in [-0.3, -0.25) is 4.39 Å². The Balaban J connectivity index is 3.12. The van der Waals surface area contributed by atoms with Gasteiger partial charge in [-0.25, -0.2) is 0 Å². The summed E-state index contributed by atoms with van der Waals surface area (Å²) in [6.07, 6.45) is 1.00. The van der Waals surface area contributed by atoms with Crippen molar-refractivity contribution in [2.45, 2.75) is 12.8 Å². The highest BCUT2D eigenvalue weighted by Crippen LogP contribution is 2.10. The minimum atomic E-state index is -0.332. The van der Waals surface area contributed by atoms with Gasteiger partial charge in [0.1, 0.15) is 0 Å². The first-order chi connectivity index (χ1) is 3.81. The quantitative estimate of drug-likeness (QED) is 0.590. The van der Waals surface area contributed by atoms with E-state index in [0.29, 0.717) is 17.9 Å². The first-order valence-corrected chi connectivity index (χ1v) is 3.13. The Morgan fingerprint density at radius 1 is 1.62 bits per heavy atom. The predicted octanol–water partition coefficient (Wildman–Crippen LogP) is 3.06. The molecule has 0 aromatic carbocycles. The van der Waals surface area contributed by atoms with E-state index in [1.165, 1.54) is 5.54 Å². The van der Waals surface area contributed by atoms with Gasteiger partial charge in [-0.1, -0.05) is 23.2 Å². The van der Waals surface area contributed by atoms with Gasteiger partial charge in [-0.2, -0.15) is 0 Å². The Kier molecular flexibility index (Phi) is 5.56. The van der Waals surface area contributed by atoms with Crippen LogP contribution in [0.2, 0.25) is 0 Å². The molecule has 3 heteroatoms. The zero-order valence-electron chi connectivity index (χ0n) is 4.33. The van der Waals surface area contributed by atoms with Crippen molar-refractivity contribution in [3.63, 3.8) is 0 Å². The maximum Gasteiger partial charge on any atom is 0.0897 e. The van der Waals surface area contributed by atoms with Crippen LogP contribution in [0, 0.1) is 0 Å². The van der Waals surface area contributed by atoms with Gasteiger partial charge in [0.2, 0.25) is 0 Å². The van der Waals surface area contributed by atoms with Crippen molar-refractivity contribution in [1.29, 1.82) is 0 Å². The van der Waals surface area contributed by atoms with Crippen LogP contribution < -0.4 is 0 Å². The Morgan fingerprint density at radius 3 is 2.62 bits per heavy atom. The highest BCUT2D eigenvalue weighted by Gasteiger charge is 1.89. The third kappa shape index (κ3) is 4.41. The molecule has 0 saturated heterocycles. The summed E-state index contributed by atoms with van der Waals surface area (Å²) in [6.45, 7) is -0.332. The van der Waals surface area contributed by atoms with E-state index in [1.807, 2.05) is 0 Å². The van der Waals surface area contributed by atoms with E-state index in [2.05, 4.69) is 0 Å². The second kappa shape index (κ2) is 5.39. The third-order valence-electron chi connectivity index (χ3n) is 0.668. The summed E-state index contributed by atoms with van der Waals surface area (Å²) in [4.78, 5) is 0. The fraction of sp³-hybridized carbons (Fsp3) is 0.600. The standard InChI is InChI=1S/C5H7Cl2F/c6-4-5(7)2-1-3-8/h4H,1-3H2. The van der Waals surface area contributed by atoms with E-state index in [4.69, 9.17) is 23.2 Å². The number of rotatable bonds is 3. The van der Waals surface area contributed by atoms with E-state index in [1.54, 1.807) is 0 Å². The van der Waals surface area contributed by atoms with Gasteiger partial charge in [0.15, 0.2) is 0 Å². The molecule has 0 saturated carbocycles. The summed E-state index contributed by atoms with van der Waals surface area (Å²) >= 11 is 10.6. The molecule has 0 aliphatic carbocycles. The molecule has 0 N–H and O–H groups in total. The third-order valence-corrected chi connectivity index (χ3v) is 1.34. The molecule has 0 amide bonds. The zero-order chi connectivity index (χ0) is 6.41. The molecule has 0 aromatic rings. The molecule has 0 radical (unpaired) electrons. The normalized spacial score (nSPS) is 12.1. The Hall–Kier alpha value is 0.250. The molecule has 48 valence electrons. The van der Waals surface area contributed by atoms with Crippen LogP contribution in [0.15, 0.2) is 10.6 Å². The molecule has 0 spiro atoms. The lowest BCUT2D eigenvalue weighted by atomic mass is 10.3. The van der Waals surface area contributed by atoms with Gasteiger partial charge in [0.25, 0.3) is 0 Å². The highest BCUT2D eigenvalue weighted by atomic mass is 35.5. The topological polar surface area (TPSA) is 0 Å². The molecular weight excluding hydrogens is 150 g/mol. The van der Waals surface area contributed by atoms with Crippen LogP contribution in [0.3, 0.4) is 0 Å². The van der Waals surface area contributed by atoms with Crippen molar-refractivity contribution < 1.29 is 4.39 Å². The van der Waals surface area contributed by atoms with E-state index in [9.17, 15) is 4.39 Å². The maximum atomic E-state index is 11.4. The van der Waals surface area contributed by atoms with Crippen LogP contribution in [-0.2, 0) is 0 Å². The van der Waals surface area contributed by atoms with Crippen LogP contribution in [-0.4, -0.2) is 6.67 Å². The van der Waals surface area contributed by atoms with Gasteiger partial charge in [0, 0.05) is 10.6 Å². The summed E-state index contributed by atoms with van der Waals surface area (Å²) in [5.41, 5.74) is 1.26. The lowest BCUT2D eigenvalue weighted by Gasteiger charge is -1.89. The summed E-state index contributed by atoms with van der Waals surface area (Å²) in [5.74, 6) is 0. The number of hydrogen-bond acceptors (Lipinski definition) is 0. The van der Waals surface area contributed by atoms with Crippen LogP contribution in [0.1, 0.15) is 12.8 Å². The van der Waals surface area contributed by atoms with E-state index >= 15 is 0 Å². The Morgan fingerprint density at radius 2 is 2.25 bits per heavy atom. The van der Waals surface area contributed by atoms with Crippen LogP contribution in [0.5, 0.6) is 0 Å². The molecule has 0 fully saturated rings. The highest BCUT2D eigenvalue weighted by molar-refractivity contribution is 6.36. The number of halogens is 3. The van der Waals surface area contributed by atoms with E-state index in [0.717, 1.165) is 0 Å². The van der Waals surface area contributed by atoms with Crippen molar-refractivity contribution in [3.05, 3.63) is 10.6 Å². The molecule has 0 heterocycles. The molecule has 0 bridgehead atoms. The van der Waals surface area contributed by atoms with Gasteiger partial charge in [-0.05, 0) is 12.8 Å². The molecule has 0 rings (SSSR count). The Labute approximate surface area is 58.3 Å². The van der Waals surface area contributed by atoms with Crippen LogP contribution in [0.25, 0.3) is 0 Å². The molecular formula is C5H7Cl2F. The van der Waals surface area contributed by atoms with Gasteiger partial charge in [-0.15, -0.1) is 0 Å². The smallest absolute Gasteiger partial charge is 0.0897 e. The second-order valence-corrected chi connectivity index (χ2v) is 2.05. The van der Waals surface area contributed by atoms with Crippen molar-refractivity contribution in [1.82, 2.24) is 0 Å². The molecule has 0 unspecified atom stereocenters. The van der Waals surface area contributed by atoms with Crippen molar-refractivity contribution in [2.24, 2.45) is 0 Å². The fourth-order valence-corrected chi connectivity index (χ4v) is 0.533. The minimum absolute atomic E-state index is 0.332. The van der Waals surface area contributed by atoms with E-state index < -0.39 is 0 Å². The average molecular weight is 157 g/mol. The number of hydrogen-bond donors (Lipinski definition) is 0. The molecule has 0 nitrogen and oxygen atoms in total. The first kappa shape index (κ1) is 8.25. The van der Waals surface area contributed by atoms with Crippen LogP contribution >= 0.6 is 23.2 Å². The lowest BCUT2D eigenvalue weighted by molar-refractivity contribution is 0.474. The molecule has 8 heavy (non-hydrogen) atoms. The minimum Gasteiger partial charge on any atom is -0.251 e. The lowest BCUT2D eigenvalue weighted by Crippen LogP contribution is -1.75. The summed E-state index contributed by atoms with van der Waals surface area (Å²) in [6, 6.07) is 0. The van der Waals surface area contributed by atoms with Crippen molar-refractivity contribution in [2.75, 3.05) is 6.67 Å². The second-order valence-electron chi connectivity index (χ2n) is 1.35.